The van der Waals surface area contributed by atoms with Crippen LogP contribution in [0.2, 0.25) is 0 Å². The second-order valence-electron chi connectivity index (χ2n) is 7.23. The maximum atomic E-state index is 12.4. The molecule has 0 radical (unpaired) electrons. The second-order valence-corrected chi connectivity index (χ2v) is 7.23. The predicted octanol–water partition coefficient (Wildman–Crippen LogP) is 1.32. The maximum absolute atomic E-state index is 12.4. The van der Waals surface area contributed by atoms with E-state index in [2.05, 4.69) is 20.5 Å². The van der Waals surface area contributed by atoms with E-state index >= 15 is 0 Å². The van der Waals surface area contributed by atoms with Crippen LogP contribution in [0.3, 0.4) is 0 Å². The lowest BCUT2D eigenvalue weighted by Gasteiger charge is -2.15. The number of aryl methyl sites for hydroxylation is 1. The van der Waals surface area contributed by atoms with Crippen LogP contribution in [0.1, 0.15) is 19.4 Å². The van der Waals surface area contributed by atoms with Gasteiger partial charge in [-0.2, -0.15) is 10.1 Å². The molecule has 1 atom stereocenters. The fraction of sp³-hybridized carbons (Fsp3) is 0.333. The van der Waals surface area contributed by atoms with Gasteiger partial charge in [0.2, 0.25) is 5.95 Å². The minimum absolute atomic E-state index is 0.0300. The first-order valence-corrected chi connectivity index (χ1v) is 9.86. The van der Waals surface area contributed by atoms with Gasteiger partial charge < -0.3 is 14.4 Å². The van der Waals surface area contributed by atoms with Crippen molar-refractivity contribution in [2.45, 2.75) is 32.6 Å². The monoisotopic (exact) mass is 426 g/mol. The second kappa shape index (κ2) is 10.0. The minimum Gasteiger partial charge on any atom is -0.389 e. The van der Waals surface area contributed by atoms with Crippen LogP contribution in [0, 0.1) is 0 Å². The van der Waals surface area contributed by atoms with E-state index in [-0.39, 0.29) is 36.4 Å². The fourth-order valence-corrected chi connectivity index (χ4v) is 2.92. The smallest absolute Gasteiger partial charge is 0.329 e. The van der Waals surface area contributed by atoms with E-state index in [0.717, 1.165) is 5.56 Å². The fourth-order valence-electron chi connectivity index (χ4n) is 2.92. The van der Waals surface area contributed by atoms with E-state index in [1.54, 1.807) is 6.08 Å². The largest absolute Gasteiger partial charge is 0.389 e. The average molecular weight is 426 g/mol. The Balaban J connectivity index is 1.88. The predicted molar refractivity (Wildman–Crippen MR) is 120 cm³/mol. The van der Waals surface area contributed by atoms with Crippen molar-refractivity contribution in [2.24, 2.45) is 12.1 Å². The van der Waals surface area contributed by atoms with Crippen molar-refractivity contribution in [3.8, 4) is 0 Å². The number of hydrogen-bond donors (Lipinski definition) is 3. The van der Waals surface area contributed by atoms with Crippen molar-refractivity contribution in [3.63, 3.8) is 0 Å². The summed E-state index contributed by atoms with van der Waals surface area (Å²) in [5.74, 6) is 0.217. The summed E-state index contributed by atoms with van der Waals surface area (Å²) in [4.78, 5) is 31.0. The van der Waals surface area contributed by atoms with Gasteiger partial charge in [0.15, 0.2) is 11.2 Å². The molecule has 0 unspecified atom stereocenters. The lowest BCUT2D eigenvalue weighted by atomic mass is 10.2. The molecule has 10 nitrogen and oxygen atoms in total. The van der Waals surface area contributed by atoms with E-state index in [4.69, 9.17) is 4.74 Å². The first-order valence-electron chi connectivity index (χ1n) is 9.86. The van der Waals surface area contributed by atoms with Crippen LogP contribution in [0.4, 0.5) is 5.95 Å². The van der Waals surface area contributed by atoms with Gasteiger partial charge >= 0.3 is 5.69 Å². The molecule has 0 aliphatic rings. The van der Waals surface area contributed by atoms with Crippen molar-refractivity contribution in [1.29, 1.82) is 0 Å². The lowest BCUT2D eigenvalue weighted by Crippen LogP contribution is -2.30. The Labute approximate surface area is 178 Å². The molecule has 0 bridgehead atoms. The van der Waals surface area contributed by atoms with Crippen LogP contribution in [0.5, 0.6) is 0 Å². The van der Waals surface area contributed by atoms with Gasteiger partial charge in [-0.25, -0.2) is 10.2 Å². The zero-order valence-electron chi connectivity index (χ0n) is 17.6. The number of fused-ring (bicyclic) bond motifs is 1. The first-order chi connectivity index (χ1) is 14.9. The molecule has 0 saturated carbocycles. The number of H-pyrrole nitrogens is 1. The van der Waals surface area contributed by atoms with Gasteiger partial charge in [-0.05, 0) is 25.5 Å². The Bertz CT molecular complexity index is 1190. The summed E-state index contributed by atoms with van der Waals surface area (Å²) in [6.07, 6.45) is 4.24. The summed E-state index contributed by atoms with van der Waals surface area (Å²) in [7, 11) is 1.51. The quantitative estimate of drug-likeness (QED) is 0.350. The van der Waals surface area contributed by atoms with Crippen molar-refractivity contribution in [2.75, 3.05) is 12.0 Å². The molecule has 164 valence electrons. The Kier molecular flexibility index (Phi) is 7.16. The zero-order valence-corrected chi connectivity index (χ0v) is 17.6. The van der Waals surface area contributed by atoms with Gasteiger partial charge in [0.05, 0.1) is 25.4 Å². The molecular weight excluding hydrogens is 400 g/mol. The Morgan fingerprint density at radius 3 is 2.74 bits per heavy atom. The molecule has 0 aliphatic heterocycles. The van der Waals surface area contributed by atoms with Crippen LogP contribution in [-0.2, 0) is 18.3 Å². The SMILES string of the molecule is CC(C)OC[C@@H](O)Cn1c(N/N=C\C=C\c2ccccc2)nc2c1c(=O)[nH]c(=O)n2C. The summed E-state index contributed by atoms with van der Waals surface area (Å²) in [6, 6.07) is 9.74. The number of allylic oxidation sites excluding steroid dienone is 1. The number of ether oxygens (including phenoxy) is 1. The number of hydrazone groups is 1. The Morgan fingerprint density at radius 2 is 2.03 bits per heavy atom. The number of aliphatic hydroxyl groups is 1. The molecule has 0 aliphatic carbocycles. The average Bonchev–Trinajstić information content (AvgIpc) is 3.10. The number of imidazole rings is 1. The first kappa shape index (κ1) is 22.2. The molecular formula is C21H26N6O4. The molecule has 0 spiro atoms. The summed E-state index contributed by atoms with van der Waals surface area (Å²) < 4.78 is 8.17. The number of aromatic nitrogens is 4. The molecule has 2 heterocycles. The van der Waals surface area contributed by atoms with Crippen molar-refractivity contribution in [1.82, 2.24) is 19.1 Å². The number of aromatic amines is 1. The highest BCUT2D eigenvalue weighted by Crippen LogP contribution is 2.16. The standard InChI is InChI=1S/C21H26N6O4/c1-14(2)31-13-16(28)12-27-17-18(26(3)21(30)24-19(17)29)23-20(27)25-22-11-7-10-15-8-5-4-6-9-15/h4-11,14,16,28H,12-13H2,1-3H3,(H,23,25)(H,24,29,30)/b10-7+,22-11-/t16-/m0/s1. The Morgan fingerprint density at radius 1 is 1.29 bits per heavy atom. The van der Waals surface area contributed by atoms with Gasteiger partial charge in [0.25, 0.3) is 5.56 Å². The maximum Gasteiger partial charge on any atom is 0.329 e. The summed E-state index contributed by atoms with van der Waals surface area (Å²) in [5, 5.41) is 14.5. The number of nitrogens with zero attached hydrogens (tertiary/aromatic N) is 4. The van der Waals surface area contributed by atoms with E-state index in [1.165, 1.54) is 22.4 Å². The molecule has 1 aromatic carbocycles. The lowest BCUT2D eigenvalue weighted by molar-refractivity contribution is -0.000105. The Hall–Kier alpha value is -3.50. The van der Waals surface area contributed by atoms with E-state index < -0.39 is 17.4 Å². The van der Waals surface area contributed by atoms with Gasteiger partial charge in [-0.3, -0.25) is 14.3 Å². The zero-order chi connectivity index (χ0) is 22.4. The number of hydrogen-bond acceptors (Lipinski definition) is 7. The van der Waals surface area contributed by atoms with Gasteiger partial charge in [0, 0.05) is 13.3 Å². The van der Waals surface area contributed by atoms with E-state index in [0.29, 0.717) is 0 Å². The highest BCUT2D eigenvalue weighted by Gasteiger charge is 2.19. The molecule has 0 amide bonds. The van der Waals surface area contributed by atoms with Gasteiger partial charge in [-0.15, -0.1) is 0 Å². The number of benzene rings is 1. The van der Waals surface area contributed by atoms with Crippen LogP contribution >= 0.6 is 0 Å². The summed E-state index contributed by atoms with van der Waals surface area (Å²) >= 11 is 0. The summed E-state index contributed by atoms with van der Waals surface area (Å²) in [6.45, 7) is 3.85. The van der Waals surface area contributed by atoms with Crippen LogP contribution < -0.4 is 16.7 Å². The van der Waals surface area contributed by atoms with E-state index in [9.17, 15) is 14.7 Å². The third kappa shape index (κ3) is 5.56. The number of nitrogens with one attached hydrogen (secondary N) is 2. The molecule has 31 heavy (non-hydrogen) atoms. The topological polar surface area (TPSA) is 127 Å². The van der Waals surface area contributed by atoms with Gasteiger partial charge in [0.1, 0.15) is 0 Å². The molecule has 10 heteroatoms. The summed E-state index contributed by atoms with van der Waals surface area (Å²) in [5.41, 5.74) is 2.98. The highest BCUT2D eigenvalue weighted by molar-refractivity contribution is 5.79. The van der Waals surface area contributed by atoms with Crippen LogP contribution in [0.15, 0.2) is 51.1 Å². The van der Waals surface area contributed by atoms with Crippen molar-refractivity contribution >= 4 is 29.4 Å². The van der Waals surface area contributed by atoms with Crippen LogP contribution in [-0.4, -0.2) is 49.2 Å². The molecule has 3 rings (SSSR count). The normalized spacial score (nSPS) is 13.1. The molecule has 3 aromatic rings. The number of rotatable bonds is 9. The third-order valence-electron chi connectivity index (χ3n) is 4.44. The van der Waals surface area contributed by atoms with Crippen molar-refractivity contribution in [3.05, 3.63) is 62.8 Å². The minimum atomic E-state index is -0.890. The number of aliphatic hydroxyl groups excluding tert-OH is 1. The van der Waals surface area contributed by atoms with Crippen molar-refractivity contribution < 1.29 is 9.84 Å². The van der Waals surface area contributed by atoms with Crippen LogP contribution in [0.25, 0.3) is 17.2 Å². The highest BCUT2D eigenvalue weighted by atomic mass is 16.5. The molecule has 0 saturated heterocycles. The van der Waals surface area contributed by atoms with Gasteiger partial charge in [-0.1, -0.05) is 36.4 Å². The molecule has 0 fully saturated rings. The van der Waals surface area contributed by atoms with E-state index in [1.807, 2.05) is 50.3 Å². The molecule has 3 N–H and O–H groups in total. The third-order valence-corrected chi connectivity index (χ3v) is 4.44. The molecule has 2 aromatic heterocycles. The number of anilines is 1.